The quantitative estimate of drug-likeness (QED) is 0.834. The number of carbonyl (C=O) groups is 1. The molecule has 6 heteroatoms. The normalized spacial score (nSPS) is 15.9. The van der Waals surface area contributed by atoms with Crippen molar-refractivity contribution in [2.75, 3.05) is 38.0 Å². The van der Waals surface area contributed by atoms with Crippen LogP contribution < -0.4 is 5.32 Å². The number of hydrogen-bond acceptors (Lipinski definition) is 4. The lowest BCUT2D eigenvalue weighted by Gasteiger charge is -2.34. The van der Waals surface area contributed by atoms with Gasteiger partial charge >= 0.3 is 0 Å². The van der Waals surface area contributed by atoms with Crippen LogP contribution in [0.4, 0.5) is 5.69 Å². The summed E-state index contributed by atoms with van der Waals surface area (Å²) in [7, 11) is 0. The topological polar surface area (TPSA) is 48.5 Å². The van der Waals surface area contributed by atoms with Crippen LogP contribution in [0, 0.1) is 6.92 Å². The van der Waals surface area contributed by atoms with Crippen molar-refractivity contribution in [3.63, 3.8) is 0 Å². The van der Waals surface area contributed by atoms with E-state index in [0.717, 1.165) is 54.1 Å². The highest BCUT2D eigenvalue weighted by molar-refractivity contribution is 9.10. The molecule has 0 bridgehead atoms. The van der Waals surface area contributed by atoms with Crippen LogP contribution in [0.2, 0.25) is 0 Å². The number of aromatic nitrogens is 1. The van der Waals surface area contributed by atoms with E-state index < -0.39 is 0 Å². The molecule has 1 fully saturated rings. The number of carbonyl (C=O) groups excluding carboxylic acids is 1. The molecular formula is C19H23BrN4O. The van der Waals surface area contributed by atoms with Crippen molar-refractivity contribution < 1.29 is 4.79 Å². The van der Waals surface area contributed by atoms with Gasteiger partial charge in [-0.15, -0.1) is 0 Å². The third-order valence-corrected chi connectivity index (χ3v) is 5.28. The molecule has 3 rings (SSSR count). The van der Waals surface area contributed by atoms with Crippen molar-refractivity contribution in [2.45, 2.75) is 13.5 Å². The third kappa shape index (κ3) is 5.36. The Hall–Kier alpha value is -1.76. The first-order valence-corrected chi connectivity index (χ1v) is 9.30. The molecule has 2 heterocycles. The molecule has 0 aliphatic carbocycles. The van der Waals surface area contributed by atoms with Gasteiger partial charge in [0, 0.05) is 49.1 Å². The standard InChI is InChI=1S/C19H23BrN4O/c1-15-12-16(5-6-18(15)20)22-19(25)14-24-10-8-23(9-11-24)13-17-4-2-3-7-21-17/h2-7,12H,8-11,13-14H2,1H3,(H,22,25). The van der Waals surface area contributed by atoms with Gasteiger partial charge in [0.2, 0.25) is 5.91 Å². The van der Waals surface area contributed by atoms with E-state index in [-0.39, 0.29) is 5.91 Å². The van der Waals surface area contributed by atoms with Crippen molar-refractivity contribution in [2.24, 2.45) is 0 Å². The molecule has 132 valence electrons. The van der Waals surface area contributed by atoms with Crippen LogP contribution in [-0.4, -0.2) is 53.4 Å². The molecule has 0 unspecified atom stereocenters. The Kier molecular flexibility index (Phi) is 6.18. The zero-order valence-corrected chi connectivity index (χ0v) is 16.0. The number of nitrogens with one attached hydrogen (secondary N) is 1. The average molecular weight is 403 g/mol. The zero-order chi connectivity index (χ0) is 17.6. The second-order valence-electron chi connectivity index (χ2n) is 6.39. The lowest BCUT2D eigenvalue weighted by atomic mass is 10.2. The van der Waals surface area contributed by atoms with Crippen LogP contribution in [0.1, 0.15) is 11.3 Å². The maximum atomic E-state index is 12.3. The molecule has 1 aromatic heterocycles. The molecule has 1 aliphatic heterocycles. The van der Waals surface area contributed by atoms with Crippen LogP contribution in [0.3, 0.4) is 0 Å². The molecule has 2 aromatic rings. The van der Waals surface area contributed by atoms with Gasteiger partial charge in [0.1, 0.15) is 0 Å². The number of benzene rings is 1. The maximum Gasteiger partial charge on any atom is 0.238 e. The van der Waals surface area contributed by atoms with Gasteiger partial charge in [-0.2, -0.15) is 0 Å². The molecule has 0 saturated carbocycles. The summed E-state index contributed by atoms with van der Waals surface area (Å²) in [6.45, 7) is 7.05. The molecule has 25 heavy (non-hydrogen) atoms. The largest absolute Gasteiger partial charge is 0.325 e. The van der Waals surface area contributed by atoms with E-state index in [1.807, 2.05) is 43.5 Å². The molecule has 1 amide bonds. The Morgan fingerprint density at radius 2 is 1.92 bits per heavy atom. The van der Waals surface area contributed by atoms with Crippen molar-refractivity contribution >= 4 is 27.5 Å². The van der Waals surface area contributed by atoms with E-state index in [2.05, 4.69) is 42.1 Å². The van der Waals surface area contributed by atoms with Gasteiger partial charge in [0.05, 0.1) is 12.2 Å². The summed E-state index contributed by atoms with van der Waals surface area (Å²) < 4.78 is 1.05. The van der Waals surface area contributed by atoms with E-state index in [9.17, 15) is 4.79 Å². The molecule has 1 aliphatic rings. The second-order valence-corrected chi connectivity index (χ2v) is 7.24. The van der Waals surface area contributed by atoms with Crippen LogP contribution >= 0.6 is 15.9 Å². The Balaban J connectivity index is 1.43. The second kappa shape index (κ2) is 8.56. The molecule has 1 N–H and O–H groups in total. The predicted molar refractivity (Wildman–Crippen MR) is 103 cm³/mol. The van der Waals surface area contributed by atoms with Gasteiger partial charge in [-0.25, -0.2) is 0 Å². The monoisotopic (exact) mass is 402 g/mol. The molecule has 0 spiro atoms. The van der Waals surface area contributed by atoms with E-state index in [0.29, 0.717) is 6.54 Å². The molecule has 0 atom stereocenters. The zero-order valence-electron chi connectivity index (χ0n) is 14.4. The summed E-state index contributed by atoms with van der Waals surface area (Å²) >= 11 is 3.47. The summed E-state index contributed by atoms with van der Waals surface area (Å²) in [6, 6.07) is 11.9. The average Bonchev–Trinajstić information content (AvgIpc) is 2.61. The van der Waals surface area contributed by atoms with Gasteiger partial charge < -0.3 is 5.32 Å². The van der Waals surface area contributed by atoms with E-state index >= 15 is 0 Å². The predicted octanol–water partition coefficient (Wildman–Crippen LogP) is 2.91. The maximum absolute atomic E-state index is 12.3. The Morgan fingerprint density at radius 1 is 1.16 bits per heavy atom. The van der Waals surface area contributed by atoms with Crippen LogP contribution in [0.15, 0.2) is 47.1 Å². The fourth-order valence-corrected chi connectivity index (χ4v) is 3.20. The van der Waals surface area contributed by atoms with Gasteiger partial charge in [-0.1, -0.05) is 22.0 Å². The third-order valence-electron chi connectivity index (χ3n) is 4.39. The fourth-order valence-electron chi connectivity index (χ4n) is 2.95. The highest BCUT2D eigenvalue weighted by atomic mass is 79.9. The summed E-state index contributed by atoms with van der Waals surface area (Å²) in [5.74, 6) is 0.0416. The molecule has 0 radical (unpaired) electrons. The van der Waals surface area contributed by atoms with Gasteiger partial charge in [-0.05, 0) is 42.8 Å². The summed E-state index contributed by atoms with van der Waals surface area (Å²) in [5.41, 5.74) is 3.06. The summed E-state index contributed by atoms with van der Waals surface area (Å²) in [5, 5.41) is 2.98. The number of aryl methyl sites for hydroxylation is 1. The smallest absolute Gasteiger partial charge is 0.238 e. The van der Waals surface area contributed by atoms with Gasteiger partial charge in [0.15, 0.2) is 0 Å². The molecular weight excluding hydrogens is 380 g/mol. The summed E-state index contributed by atoms with van der Waals surface area (Å²) in [4.78, 5) is 21.2. The number of hydrogen-bond donors (Lipinski definition) is 1. The van der Waals surface area contributed by atoms with E-state index in [1.54, 1.807) is 0 Å². The first kappa shape index (κ1) is 18.0. The highest BCUT2D eigenvalue weighted by Crippen LogP contribution is 2.20. The molecule has 5 nitrogen and oxygen atoms in total. The number of amides is 1. The Labute approximate surface area is 157 Å². The van der Waals surface area contributed by atoms with Gasteiger partial charge in [0.25, 0.3) is 0 Å². The lowest BCUT2D eigenvalue weighted by molar-refractivity contribution is -0.117. The minimum absolute atomic E-state index is 0.0416. The first-order chi connectivity index (χ1) is 12.1. The van der Waals surface area contributed by atoms with E-state index in [1.165, 1.54) is 0 Å². The van der Waals surface area contributed by atoms with Crippen molar-refractivity contribution in [3.05, 3.63) is 58.3 Å². The Bertz CT molecular complexity index is 715. The lowest BCUT2D eigenvalue weighted by Crippen LogP contribution is -2.48. The van der Waals surface area contributed by atoms with Crippen LogP contribution in [-0.2, 0) is 11.3 Å². The van der Waals surface area contributed by atoms with Crippen LogP contribution in [0.25, 0.3) is 0 Å². The fraction of sp³-hybridized carbons (Fsp3) is 0.368. The number of anilines is 1. The van der Waals surface area contributed by atoms with E-state index in [4.69, 9.17) is 0 Å². The van der Waals surface area contributed by atoms with Crippen LogP contribution in [0.5, 0.6) is 0 Å². The first-order valence-electron chi connectivity index (χ1n) is 8.51. The molecule has 1 aromatic carbocycles. The van der Waals surface area contributed by atoms with Crippen molar-refractivity contribution in [1.82, 2.24) is 14.8 Å². The number of piperazine rings is 1. The summed E-state index contributed by atoms with van der Waals surface area (Å²) in [6.07, 6.45) is 1.83. The SMILES string of the molecule is Cc1cc(NC(=O)CN2CCN(Cc3ccccn3)CC2)ccc1Br. The number of halogens is 1. The minimum Gasteiger partial charge on any atom is -0.325 e. The number of rotatable bonds is 5. The number of pyridine rings is 1. The van der Waals surface area contributed by atoms with Crippen molar-refractivity contribution in [3.8, 4) is 0 Å². The Morgan fingerprint density at radius 3 is 2.60 bits per heavy atom. The highest BCUT2D eigenvalue weighted by Gasteiger charge is 2.19. The minimum atomic E-state index is 0.0416. The number of nitrogens with zero attached hydrogens (tertiary/aromatic N) is 3. The van der Waals surface area contributed by atoms with Gasteiger partial charge in [-0.3, -0.25) is 19.6 Å². The molecule has 1 saturated heterocycles. The van der Waals surface area contributed by atoms with Crippen molar-refractivity contribution in [1.29, 1.82) is 0 Å².